The first-order valence-electron chi connectivity index (χ1n) is 5.96. The molecule has 0 fully saturated rings. The maximum absolute atomic E-state index is 12.0. The van der Waals surface area contributed by atoms with E-state index in [0.717, 1.165) is 0 Å². The van der Waals surface area contributed by atoms with E-state index in [-0.39, 0.29) is 11.3 Å². The summed E-state index contributed by atoms with van der Waals surface area (Å²) in [5, 5.41) is 9.16. The summed E-state index contributed by atoms with van der Waals surface area (Å²) in [6.45, 7) is 0. The summed E-state index contributed by atoms with van der Waals surface area (Å²) in [5.41, 5.74) is 18.7. The van der Waals surface area contributed by atoms with Crippen LogP contribution in [-0.2, 0) is 4.79 Å². The zero-order chi connectivity index (χ0) is 14.6. The van der Waals surface area contributed by atoms with Crippen LogP contribution >= 0.6 is 0 Å². The highest BCUT2D eigenvalue weighted by atomic mass is 16.2. The van der Waals surface area contributed by atoms with Crippen LogP contribution in [0, 0.1) is 5.41 Å². The molecule has 7 N–H and O–H groups in total. The lowest BCUT2D eigenvalue weighted by Crippen LogP contribution is -2.47. The molecule has 1 aliphatic carbocycles. The Morgan fingerprint density at radius 1 is 0.950 bits per heavy atom. The van der Waals surface area contributed by atoms with Crippen molar-refractivity contribution in [3.8, 4) is 0 Å². The molecule has 1 atom stereocenters. The van der Waals surface area contributed by atoms with Crippen molar-refractivity contribution in [1.82, 2.24) is 0 Å². The second kappa shape index (κ2) is 3.88. The summed E-state index contributed by atoms with van der Waals surface area (Å²) in [6, 6.07) is 5.19. The third-order valence-corrected chi connectivity index (χ3v) is 3.57. The van der Waals surface area contributed by atoms with E-state index >= 15 is 0 Å². The van der Waals surface area contributed by atoms with Gasteiger partial charge in [0.25, 0.3) is 0 Å². The molecule has 2 aromatic carbocycles. The number of nitrogen functional groups attached to an aromatic ring is 2. The fourth-order valence-electron chi connectivity index (χ4n) is 2.42. The molecular formula is C14H12N4O2. The molecule has 1 aliphatic rings. The number of anilines is 2. The molecule has 0 heterocycles. The van der Waals surface area contributed by atoms with E-state index in [1.165, 1.54) is 6.07 Å². The van der Waals surface area contributed by atoms with Crippen LogP contribution in [0.15, 0.2) is 24.3 Å². The average Bonchev–Trinajstić information content (AvgIpc) is 2.45. The Balaban J connectivity index is 2.43. The molecule has 0 saturated heterocycles. The van der Waals surface area contributed by atoms with Gasteiger partial charge in [0.1, 0.15) is 6.04 Å². The average molecular weight is 268 g/mol. The molecule has 0 amide bonds. The van der Waals surface area contributed by atoms with Crippen molar-refractivity contribution < 1.29 is 9.59 Å². The minimum atomic E-state index is -1.21. The van der Waals surface area contributed by atoms with Crippen molar-refractivity contribution in [2.45, 2.75) is 6.04 Å². The smallest absolute Gasteiger partial charge is 0.231 e. The van der Waals surface area contributed by atoms with E-state index in [9.17, 15) is 9.59 Å². The van der Waals surface area contributed by atoms with Gasteiger partial charge < -0.3 is 22.6 Å². The zero-order valence-electron chi connectivity index (χ0n) is 10.4. The Bertz CT molecular complexity index is 810. The van der Waals surface area contributed by atoms with Crippen LogP contribution in [0.4, 0.5) is 11.4 Å². The molecule has 0 spiro atoms. The monoisotopic (exact) mass is 268 g/mol. The molecular weight excluding hydrogens is 256 g/mol. The highest BCUT2D eigenvalue weighted by molar-refractivity contribution is 6.54. The van der Waals surface area contributed by atoms with Crippen LogP contribution in [0.5, 0.6) is 0 Å². The maximum Gasteiger partial charge on any atom is 0.231 e. The number of hydrogen-bond acceptors (Lipinski definition) is 6. The van der Waals surface area contributed by atoms with Gasteiger partial charge in [0.15, 0.2) is 0 Å². The van der Waals surface area contributed by atoms with E-state index in [4.69, 9.17) is 22.6 Å². The first kappa shape index (κ1) is 12.3. The number of rotatable bonds is 0. The van der Waals surface area contributed by atoms with Gasteiger partial charge in [-0.1, -0.05) is 0 Å². The summed E-state index contributed by atoms with van der Waals surface area (Å²) in [4.78, 5) is 23.7. The van der Waals surface area contributed by atoms with Crippen LogP contribution in [0.25, 0.3) is 10.8 Å². The number of Topliss-reactive ketones (excluding diaryl/α,β-unsaturated/α-hetero) is 2. The molecule has 2 aromatic rings. The van der Waals surface area contributed by atoms with Crippen LogP contribution in [-0.4, -0.2) is 23.3 Å². The summed E-state index contributed by atoms with van der Waals surface area (Å²) in [7, 11) is 0. The predicted octanol–water partition coefficient (Wildman–Crippen LogP) is 0.465. The van der Waals surface area contributed by atoms with Gasteiger partial charge in [-0.15, -0.1) is 0 Å². The molecule has 20 heavy (non-hydrogen) atoms. The van der Waals surface area contributed by atoms with Crippen LogP contribution in [0.2, 0.25) is 0 Å². The summed E-state index contributed by atoms with van der Waals surface area (Å²) in [6.07, 6.45) is 0. The van der Waals surface area contributed by atoms with E-state index in [1.54, 1.807) is 18.2 Å². The second-order valence-corrected chi connectivity index (χ2v) is 4.77. The van der Waals surface area contributed by atoms with Gasteiger partial charge in [-0.05, 0) is 24.3 Å². The summed E-state index contributed by atoms with van der Waals surface area (Å²) >= 11 is 0. The highest BCUT2D eigenvalue weighted by Crippen LogP contribution is 2.31. The van der Waals surface area contributed by atoms with Crippen LogP contribution in [0.3, 0.4) is 0 Å². The SMILES string of the molecule is N=C1c2cc3c(N)ccc(N)c3cc2C(=O)C(=O)C1N. The minimum Gasteiger partial charge on any atom is -0.398 e. The van der Waals surface area contributed by atoms with Gasteiger partial charge in [-0.25, -0.2) is 0 Å². The minimum absolute atomic E-state index is 0.0756. The first-order chi connectivity index (χ1) is 9.41. The van der Waals surface area contributed by atoms with Crippen LogP contribution in [0.1, 0.15) is 15.9 Å². The molecule has 3 rings (SSSR count). The Morgan fingerprint density at radius 3 is 2.00 bits per heavy atom. The van der Waals surface area contributed by atoms with E-state index in [2.05, 4.69) is 0 Å². The molecule has 100 valence electrons. The fraction of sp³-hybridized carbons (Fsp3) is 0.0714. The van der Waals surface area contributed by atoms with Gasteiger partial charge in [0.05, 0.1) is 5.71 Å². The number of nitrogens with one attached hydrogen (secondary N) is 1. The Kier molecular flexibility index (Phi) is 2.39. The van der Waals surface area contributed by atoms with Gasteiger partial charge >= 0.3 is 0 Å². The van der Waals surface area contributed by atoms with E-state index in [1.807, 2.05) is 0 Å². The first-order valence-corrected chi connectivity index (χ1v) is 5.96. The van der Waals surface area contributed by atoms with Gasteiger partial charge in [-0.3, -0.25) is 9.59 Å². The normalized spacial score (nSPS) is 18.4. The van der Waals surface area contributed by atoms with Crippen LogP contribution < -0.4 is 17.2 Å². The number of hydrogen-bond donors (Lipinski definition) is 4. The van der Waals surface area contributed by atoms with Crippen molar-refractivity contribution >= 4 is 39.4 Å². The number of carbonyl (C=O) groups excluding carboxylic acids is 2. The number of ketones is 2. The van der Waals surface area contributed by atoms with Gasteiger partial charge in [0, 0.05) is 33.3 Å². The number of carbonyl (C=O) groups is 2. The van der Waals surface area contributed by atoms with Gasteiger partial charge in [-0.2, -0.15) is 0 Å². The Labute approximate surface area is 114 Å². The molecule has 6 heteroatoms. The summed E-state index contributed by atoms with van der Waals surface area (Å²) in [5.74, 6) is -1.46. The zero-order valence-corrected chi connectivity index (χ0v) is 10.4. The van der Waals surface area contributed by atoms with Crippen molar-refractivity contribution in [3.05, 3.63) is 35.4 Å². The Morgan fingerprint density at radius 2 is 1.45 bits per heavy atom. The second-order valence-electron chi connectivity index (χ2n) is 4.77. The number of benzene rings is 2. The van der Waals surface area contributed by atoms with Crippen molar-refractivity contribution in [2.24, 2.45) is 5.73 Å². The third kappa shape index (κ3) is 1.45. The summed E-state index contributed by atoms with van der Waals surface area (Å²) < 4.78 is 0. The topological polar surface area (TPSA) is 136 Å². The quantitative estimate of drug-likeness (QED) is 0.406. The van der Waals surface area contributed by atoms with Crippen molar-refractivity contribution in [1.29, 1.82) is 5.41 Å². The number of fused-ring (bicyclic) bond motifs is 2. The predicted molar refractivity (Wildman–Crippen MR) is 76.9 cm³/mol. The lowest BCUT2D eigenvalue weighted by molar-refractivity contribution is -0.115. The maximum atomic E-state index is 12.0. The van der Waals surface area contributed by atoms with Crippen molar-refractivity contribution in [3.63, 3.8) is 0 Å². The highest BCUT2D eigenvalue weighted by Gasteiger charge is 2.35. The number of nitrogens with two attached hydrogens (primary N) is 3. The van der Waals surface area contributed by atoms with E-state index < -0.39 is 17.6 Å². The van der Waals surface area contributed by atoms with Gasteiger partial charge in [0.2, 0.25) is 11.6 Å². The molecule has 0 aliphatic heterocycles. The lowest BCUT2D eigenvalue weighted by atomic mass is 9.83. The molecule has 0 bridgehead atoms. The largest absolute Gasteiger partial charge is 0.398 e. The van der Waals surface area contributed by atoms with E-state index in [0.29, 0.717) is 27.7 Å². The molecule has 0 aromatic heterocycles. The lowest BCUT2D eigenvalue weighted by Gasteiger charge is -2.21. The molecule has 6 nitrogen and oxygen atoms in total. The standard InChI is InChI=1S/C14H12N4O2/c15-9-1-2-10(16)6-4-8-7(3-5(6)9)11(17)12(18)14(20)13(8)19/h1-4,12,17H,15-16,18H2. The Hall–Kier alpha value is -2.73. The molecule has 0 saturated carbocycles. The fourth-order valence-corrected chi connectivity index (χ4v) is 2.42. The third-order valence-electron chi connectivity index (χ3n) is 3.57. The molecule has 1 unspecified atom stereocenters. The van der Waals surface area contributed by atoms with Crippen molar-refractivity contribution in [2.75, 3.05) is 11.5 Å². The molecule has 0 radical (unpaired) electrons.